The van der Waals surface area contributed by atoms with E-state index in [9.17, 15) is 0 Å². The van der Waals surface area contributed by atoms with Gasteiger partial charge in [-0.1, -0.05) is 11.6 Å². The van der Waals surface area contributed by atoms with Crippen LogP contribution in [0.5, 0.6) is 11.6 Å². The molecule has 0 fully saturated rings. The molecular weight excluding hydrogens is 270 g/mol. The van der Waals surface area contributed by atoms with Crippen LogP contribution >= 0.6 is 22.9 Å². The molecule has 0 spiro atoms. The Hall–Kier alpha value is -1.85. The van der Waals surface area contributed by atoms with Gasteiger partial charge < -0.3 is 10.5 Å². The van der Waals surface area contributed by atoms with E-state index in [0.29, 0.717) is 22.3 Å². The Morgan fingerprint density at radius 1 is 1.22 bits per heavy atom. The van der Waals surface area contributed by atoms with Crippen LogP contribution in [-0.4, -0.2) is 9.97 Å². The van der Waals surface area contributed by atoms with Crippen LogP contribution < -0.4 is 10.5 Å². The van der Waals surface area contributed by atoms with Gasteiger partial charge in [-0.15, -0.1) is 11.3 Å². The summed E-state index contributed by atoms with van der Waals surface area (Å²) in [5.74, 6) is 1.03. The number of ether oxygens (including phenoxy) is 1. The Morgan fingerprint density at radius 3 is 2.94 bits per heavy atom. The molecule has 2 heterocycles. The smallest absolute Gasteiger partial charge is 0.231 e. The molecular formula is C12H8ClN3OS. The molecule has 1 aromatic carbocycles. The second kappa shape index (κ2) is 4.44. The van der Waals surface area contributed by atoms with E-state index in [4.69, 9.17) is 22.1 Å². The van der Waals surface area contributed by atoms with Crippen LogP contribution in [0.3, 0.4) is 0 Å². The van der Waals surface area contributed by atoms with E-state index < -0.39 is 0 Å². The highest BCUT2D eigenvalue weighted by molar-refractivity contribution is 7.16. The topological polar surface area (TPSA) is 61.0 Å². The Balaban J connectivity index is 2.03. The molecule has 0 radical (unpaired) electrons. The molecule has 0 aliphatic rings. The van der Waals surface area contributed by atoms with Crippen LogP contribution in [0.15, 0.2) is 36.0 Å². The van der Waals surface area contributed by atoms with Gasteiger partial charge in [0.15, 0.2) is 5.75 Å². The van der Waals surface area contributed by atoms with Crippen molar-refractivity contribution < 1.29 is 4.74 Å². The predicted molar refractivity (Wildman–Crippen MR) is 73.4 cm³/mol. The van der Waals surface area contributed by atoms with Gasteiger partial charge in [0.05, 0.1) is 11.1 Å². The van der Waals surface area contributed by atoms with Gasteiger partial charge >= 0.3 is 0 Å². The van der Waals surface area contributed by atoms with Crippen molar-refractivity contribution in [1.82, 2.24) is 9.97 Å². The van der Waals surface area contributed by atoms with Crippen LogP contribution in [0.4, 0.5) is 5.69 Å². The maximum Gasteiger partial charge on any atom is 0.231 e. The molecule has 4 nitrogen and oxygen atoms in total. The van der Waals surface area contributed by atoms with Gasteiger partial charge in [-0.3, -0.25) is 0 Å². The predicted octanol–water partition coefficient (Wildman–Crippen LogP) is 3.72. The number of benzene rings is 1. The average molecular weight is 278 g/mol. The Bertz CT molecular complexity index is 713. The van der Waals surface area contributed by atoms with Crippen molar-refractivity contribution in [2.24, 2.45) is 0 Å². The summed E-state index contributed by atoms with van der Waals surface area (Å²) in [5, 5.41) is 3.39. The maximum absolute atomic E-state index is 5.84. The number of hydrogen-bond acceptors (Lipinski definition) is 5. The molecule has 90 valence electrons. The number of rotatable bonds is 2. The highest BCUT2D eigenvalue weighted by Crippen LogP contribution is 2.33. The third kappa shape index (κ3) is 1.98. The summed E-state index contributed by atoms with van der Waals surface area (Å²) in [4.78, 5) is 9.16. The fourth-order valence-electron chi connectivity index (χ4n) is 1.57. The Morgan fingerprint density at radius 2 is 2.11 bits per heavy atom. The van der Waals surface area contributed by atoms with Crippen molar-refractivity contribution in [2.45, 2.75) is 0 Å². The lowest BCUT2D eigenvalue weighted by molar-refractivity contribution is 0.470. The average Bonchev–Trinajstić information content (AvgIpc) is 2.82. The zero-order chi connectivity index (χ0) is 12.5. The molecule has 0 aliphatic heterocycles. The number of thiophene rings is 1. The van der Waals surface area contributed by atoms with Gasteiger partial charge in [-0.25, -0.2) is 9.97 Å². The largest absolute Gasteiger partial charge is 0.436 e. The van der Waals surface area contributed by atoms with E-state index in [0.717, 1.165) is 10.2 Å². The first-order valence-corrected chi connectivity index (χ1v) is 6.41. The number of fused-ring (bicyclic) bond motifs is 1. The summed E-state index contributed by atoms with van der Waals surface area (Å²) in [7, 11) is 0. The first-order chi connectivity index (χ1) is 8.74. The molecule has 3 rings (SSSR count). The molecule has 0 aliphatic carbocycles. The number of halogens is 1. The minimum Gasteiger partial charge on any atom is -0.436 e. The summed E-state index contributed by atoms with van der Waals surface area (Å²) in [6, 6.07) is 7.00. The quantitative estimate of drug-likeness (QED) is 0.725. The van der Waals surface area contributed by atoms with Crippen LogP contribution in [-0.2, 0) is 0 Å². The minimum atomic E-state index is 0.476. The van der Waals surface area contributed by atoms with Gasteiger partial charge in [-0.05, 0) is 29.6 Å². The second-order valence-corrected chi connectivity index (χ2v) is 4.93. The number of hydrogen-bond donors (Lipinski definition) is 1. The van der Waals surface area contributed by atoms with E-state index in [2.05, 4.69) is 9.97 Å². The van der Waals surface area contributed by atoms with E-state index >= 15 is 0 Å². The molecule has 3 aromatic rings. The first kappa shape index (κ1) is 11.3. The second-order valence-electron chi connectivity index (χ2n) is 3.60. The Labute approximate surface area is 112 Å². The molecule has 2 N–H and O–H groups in total. The third-order valence-electron chi connectivity index (χ3n) is 2.40. The lowest BCUT2D eigenvalue weighted by Crippen LogP contribution is -1.94. The van der Waals surface area contributed by atoms with Gasteiger partial charge in [0.25, 0.3) is 0 Å². The molecule has 6 heteroatoms. The van der Waals surface area contributed by atoms with E-state index in [1.165, 1.54) is 17.7 Å². The van der Waals surface area contributed by atoms with Gasteiger partial charge in [0.1, 0.15) is 11.2 Å². The van der Waals surface area contributed by atoms with Crippen molar-refractivity contribution in [2.75, 3.05) is 5.73 Å². The molecule has 2 aromatic heterocycles. The molecule has 18 heavy (non-hydrogen) atoms. The van der Waals surface area contributed by atoms with Crippen LogP contribution in [0.2, 0.25) is 5.02 Å². The molecule has 0 saturated heterocycles. The minimum absolute atomic E-state index is 0.476. The summed E-state index contributed by atoms with van der Waals surface area (Å²) < 4.78 is 5.71. The number of nitrogen functional groups attached to an aromatic ring is 1. The molecule has 0 saturated carbocycles. The highest BCUT2D eigenvalue weighted by atomic mass is 35.5. The van der Waals surface area contributed by atoms with Crippen molar-refractivity contribution in [3.05, 3.63) is 41.0 Å². The normalized spacial score (nSPS) is 10.7. The van der Waals surface area contributed by atoms with E-state index in [1.807, 2.05) is 11.4 Å². The standard InChI is InChI=1S/C12H8ClN3OS/c13-7-1-2-10(9(14)5-7)17-11-8-3-4-18-12(8)16-6-15-11/h1-6H,14H2. The van der Waals surface area contributed by atoms with Crippen molar-refractivity contribution >= 4 is 38.8 Å². The zero-order valence-corrected chi connectivity index (χ0v) is 10.7. The zero-order valence-electron chi connectivity index (χ0n) is 9.13. The third-order valence-corrected chi connectivity index (χ3v) is 3.46. The summed E-state index contributed by atoms with van der Waals surface area (Å²) in [6.45, 7) is 0. The van der Waals surface area contributed by atoms with Crippen LogP contribution in [0.1, 0.15) is 0 Å². The molecule has 0 amide bonds. The highest BCUT2D eigenvalue weighted by Gasteiger charge is 2.09. The molecule has 0 bridgehead atoms. The van der Waals surface area contributed by atoms with Gasteiger partial charge in [0, 0.05) is 5.02 Å². The molecule has 0 unspecified atom stereocenters. The van der Waals surface area contributed by atoms with Gasteiger partial charge in [-0.2, -0.15) is 0 Å². The van der Waals surface area contributed by atoms with Gasteiger partial charge in [0.2, 0.25) is 5.88 Å². The number of anilines is 1. The van der Waals surface area contributed by atoms with Crippen molar-refractivity contribution in [3.8, 4) is 11.6 Å². The molecule has 0 atom stereocenters. The SMILES string of the molecule is Nc1cc(Cl)ccc1Oc1ncnc2sccc12. The number of aromatic nitrogens is 2. The van der Waals surface area contributed by atoms with Crippen LogP contribution in [0.25, 0.3) is 10.2 Å². The van der Waals surface area contributed by atoms with Crippen molar-refractivity contribution in [1.29, 1.82) is 0 Å². The van der Waals surface area contributed by atoms with E-state index in [-0.39, 0.29) is 0 Å². The fourth-order valence-corrected chi connectivity index (χ4v) is 2.47. The summed E-state index contributed by atoms with van der Waals surface area (Å²) in [5.41, 5.74) is 6.31. The number of nitrogens with two attached hydrogens (primary N) is 1. The lowest BCUT2D eigenvalue weighted by atomic mass is 10.3. The number of nitrogens with zero attached hydrogens (tertiary/aromatic N) is 2. The Kier molecular flexibility index (Phi) is 2.77. The van der Waals surface area contributed by atoms with Crippen molar-refractivity contribution in [3.63, 3.8) is 0 Å². The first-order valence-electron chi connectivity index (χ1n) is 5.15. The lowest BCUT2D eigenvalue weighted by Gasteiger charge is -2.08. The van der Waals surface area contributed by atoms with E-state index in [1.54, 1.807) is 18.2 Å². The van der Waals surface area contributed by atoms with Crippen LogP contribution in [0, 0.1) is 0 Å². The fraction of sp³-hybridized carbons (Fsp3) is 0. The summed E-state index contributed by atoms with van der Waals surface area (Å²) >= 11 is 7.37. The summed E-state index contributed by atoms with van der Waals surface area (Å²) in [6.07, 6.45) is 1.47. The monoisotopic (exact) mass is 277 g/mol. The maximum atomic E-state index is 5.84.